The van der Waals surface area contributed by atoms with Crippen LogP contribution in [0.3, 0.4) is 0 Å². The van der Waals surface area contributed by atoms with E-state index in [0.29, 0.717) is 6.07 Å². The van der Waals surface area contributed by atoms with Gasteiger partial charge >= 0.3 is 0 Å². The van der Waals surface area contributed by atoms with Crippen molar-refractivity contribution in [1.82, 2.24) is 0 Å². The van der Waals surface area contributed by atoms with Crippen LogP contribution in [0.4, 0.5) is 17.6 Å². The van der Waals surface area contributed by atoms with Crippen LogP contribution in [-0.2, 0) is 6.42 Å². The maximum atomic E-state index is 12.9. The lowest BCUT2D eigenvalue weighted by Crippen LogP contribution is -2.13. The summed E-state index contributed by atoms with van der Waals surface area (Å²) >= 11 is 4.43. The fraction of sp³-hybridized carbons (Fsp3) is 0.125. The average molecular weight is 223 g/mol. The van der Waals surface area contributed by atoms with Crippen LogP contribution < -0.4 is 5.73 Å². The van der Waals surface area contributed by atoms with Crippen LogP contribution >= 0.6 is 12.2 Å². The molecule has 0 unspecified atom stereocenters. The first-order valence-electron chi connectivity index (χ1n) is 3.53. The molecule has 0 amide bonds. The van der Waals surface area contributed by atoms with E-state index in [-0.39, 0.29) is 11.4 Å². The lowest BCUT2D eigenvalue weighted by atomic mass is 10.1. The van der Waals surface area contributed by atoms with Crippen LogP contribution in [0.25, 0.3) is 0 Å². The van der Waals surface area contributed by atoms with Gasteiger partial charge in [0.25, 0.3) is 0 Å². The van der Waals surface area contributed by atoms with Crippen molar-refractivity contribution in [1.29, 1.82) is 0 Å². The highest BCUT2D eigenvalue weighted by molar-refractivity contribution is 7.80. The van der Waals surface area contributed by atoms with E-state index in [4.69, 9.17) is 5.73 Å². The molecule has 1 nitrogen and oxygen atoms in total. The molecule has 0 bridgehead atoms. The van der Waals surface area contributed by atoms with E-state index >= 15 is 0 Å². The molecule has 1 aromatic rings. The molecule has 76 valence electrons. The van der Waals surface area contributed by atoms with Crippen LogP contribution in [0.1, 0.15) is 5.56 Å². The van der Waals surface area contributed by atoms with Gasteiger partial charge in [-0.15, -0.1) is 0 Å². The predicted octanol–water partition coefficient (Wildman–Crippen LogP) is 2.07. The summed E-state index contributed by atoms with van der Waals surface area (Å²) in [7, 11) is 0. The summed E-state index contributed by atoms with van der Waals surface area (Å²) in [6.07, 6.45) is -0.310. The third-order valence-electron chi connectivity index (χ3n) is 1.54. The summed E-state index contributed by atoms with van der Waals surface area (Å²) in [5.41, 5.74) is 4.66. The second-order valence-corrected chi connectivity index (χ2v) is 3.13. The van der Waals surface area contributed by atoms with E-state index in [0.717, 1.165) is 0 Å². The summed E-state index contributed by atoms with van der Waals surface area (Å²) < 4.78 is 50.6. The van der Waals surface area contributed by atoms with Gasteiger partial charge in [-0.05, 0) is 6.07 Å². The fourth-order valence-electron chi connectivity index (χ4n) is 0.938. The highest BCUT2D eigenvalue weighted by Crippen LogP contribution is 2.18. The molecule has 0 radical (unpaired) electrons. The predicted molar refractivity (Wildman–Crippen MR) is 46.8 cm³/mol. The van der Waals surface area contributed by atoms with Gasteiger partial charge in [0.1, 0.15) is 0 Å². The summed E-state index contributed by atoms with van der Waals surface area (Å²) in [4.78, 5) is -0.130. The molecule has 0 aliphatic rings. The second kappa shape index (κ2) is 3.91. The minimum absolute atomic E-state index is 0.130. The molecule has 0 atom stereocenters. The number of hydrogen-bond acceptors (Lipinski definition) is 1. The van der Waals surface area contributed by atoms with E-state index in [9.17, 15) is 17.6 Å². The van der Waals surface area contributed by atoms with Crippen molar-refractivity contribution < 1.29 is 17.6 Å². The molecule has 0 aromatic heterocycles. The third kappa shape index (κ3) is 2.01. The van der Waals surface area contributed by atoms with E-state index in [1.165, 1.54) is 0 Å². The van der Waals surface area contributed by atoms with Crippen LogP contribution in [-0.4, -0.2) is 4.99 Å². The lowest BCUT2D eigenvalue weighted by Gasteiger charge is -2.04. The van der Waals surface area contributed by atoms with E-state index in [2.05, 4.69) is 12.2 Å². The van der Waals surface area contributed by atoms with Gasteiger partial charge in [0.2, 0.25) is 0 Å². The highest BCUT2D eigenvalue weighted by atomic mass is 32.1. The van der Waals surface area contributed by atoms with E-state index in [1.54, 1.807) is 0 Å². The standard InChI is InChI=1S/C8H5F4NS/c9-4-1-3(2-5(13)14)6(10)8(12)7(4)11/h1H,2H2,(H2,13,14). The molecule has 0 heterocycles. The topological polar surface area (TPSA) is 26.0 Å². The molecule has 1 rings (SSSR count). The zero-order chi connectivity index (χ0) is 10.9. The monoisotopic (exact) mass is 223 g/mol. The summed E-state index contributed by atoms with van der Waals surface area (Å²) in [5.74, 6) is -6.61. The summed E-state index contributed by atoms with van der Waals surface area (Å²) in [6.45, 7) is 0. The SMILES string of the molecule is NC(=S)Cc1cc(F)c(F)c(F)c1F. The molecule has 0 spiro atoms. The number of hydrogen-bond donors (Lipinski definition) is 1. The number of halogens is 4. The third-order valence-corrected chi connectivity index (χ3v) is 1.69. The fourth-order valence-corrected chi connectivity index (χ4v) is 1.09. The Kier molecular flexibility index (Phi) is 3.05. The van der Waals surface area contributed by atoms with Gasteiger partial charge in [0.05, 0.1) is 4.99 Å². The number of benzene rings is 1. The van der Waals surface area contributed by atoms with Crippen molar-refractivity contribution in [2.45, 2.75) is 6.42 Å². The van der Waals surface area contributed by atoms with Gasteiger partial charge in [-0.1, -0.05) is 12.2 Å². The molecule has 0 saturated heterocycles. The van der Waals surface area contributed by atoms with Crippen molar-refractivity contribution in [3.63, 3.8) is 0 Å². The van der Waals surface area contributed by atoms with Gasteiger partial charge in [0, 0.05) is 12.0 Å². The smallest absolute Gasteiger partial charge is 0.197 e. The van der Waals surface area contributed by atoms with Gasteiger partial charge in [-0.2, -0.15) is 0 Å². The Bertz CT molecular complexity index is 391. The Hall–Kier alpha value is -1.17. The van der Waals surface area contributed by atoms with Crippen molar-refractivity contribution in [3.05, 3.63) is 34.9 Å². The molecule has 2 N–H and O–H groups in total. The van der Waals surface area contributed by atoms with Gasteiger partial charge in [-0.3, -0.25) is 0 Å². The number of rotatable bonds is 2. The molecule has 0 aliphatic carbocycles. The Balaban J connectivity index is 3.25. The Morgan fingerprint density at radius 2 is 1.71 bits per heavy atom. The first kappa shape index (κ1) is 10.9. The Morgan fingerprint density at radius 1 is 1.14 bits per heavy atom. The normalized spacial score (nSPS) is 10.3. The minimum atomic E-state index is -1.85. The largest absolute Gasteiger partial charge is 0.393 e. The first-order valence-corrected chi connectivity index (χ1v) is 3.94. The van der Waals surface area contributed by atoms with Crippen molar-refractivity contribution in [2.24, 2.45) is 5.73 Å². The van der Waals surface area contributed by atoms with Crippen LogP contribution in [0.15, 0.2) is 6.07 Å². The van der Waals surface area contributed by atoms with Gasteiger partial charge < -0.3 is 5.73 Å². The molecule has 0 aliphatic heterocycles. The van der Waals surface area contributed by atoms with Crippen LogP contribution in [0.2, 0.25) is 0 Å². The van der Waals surface area contributed by atoms with E-state index in [1.807, 2.05) is 0 Å². The Labute approximate surface area is 82.5 Å². The Morgan fingerprint density at radius 3 is 2.21 bits per heavy atom. The number of thiocarbonyl (C=S) groups is 1. The van der Waals surface area contributed by atoms with Crippen molar-refractivity contribution >= 4 is 17.2 Å². The second-order valence-electron chi connectivity index (χ2n) is 2.60. The van der Waals surface area contributed by atoms with Crippen LogP contribution in [0.5, 0.6) is 0 Å². The quantitative estimate of drug-likeness (QED) is 0.359. The minimum Gasteiger partial charge on any atom is -0.393 e. The maximum absolute atomic E-state index is 12.9. The molecule has 6 heteroatoms. The molecule has 0 fully saturated rings. The molecular formula is C8H5F4NS. The average Bonchev–Trinajstić information content (AvgIpc) is 2.10. The van der Waals surface area contributed by atoms with Crippen LogP contribution in [0, 0.1) is 23.3 Å². The molecule has 0 saturated carbocycles. The van der Waals surface area contributed by atoms with Gasteiger partial charge in [-0.25, -0.2) is 17.6 Å². The highest BCUT2D eigenvalue weighted by Gasteiger charge is 2.18. The van der Waals surface area contributed by atoms with Gasteiger partial charge in [0.15, 0.2) is 23.3 Å². The number of nitrogens with two attached hydrogens (primary N) is 1. The summed E-state index contributed by atoms with van der Waals surface area (Å²) in [6, 6.07) is 0.535. The van der Waals surface area contributed by atoms with Crippen molar-refractivity contribution in [2.75, 3.05) is 0 Å². The van der Waals surface area contributed by atoms with E-state index < -0.39 is 28.8 Å². The zero-order valence-electron chi connectivity index (χ0n) is 6.78. The zero-order valence-corrected chi connectivity index (χ0v) is 7.60. The molecule has 14 heavy (non-hydrogen) atoms. The first-order chi connectivity index (χ1) is 6.43. The summed E-state index contributed by atoms with van der Waals surface area (Å²) in [5, 5.41) is 0. The lowest BCUT2D eigenvalue weighted by molar-refractivity contribution is 0.405. The molecule has 1 aromatic carbocycles. The molecular weight excluding hydrogens is 218 g/mol. The maximum Gasteiger partial charge on any atom is 0.197 e. The van der Waals surface area contributed by atoms with Crippen molar-refractivity contribution in [3.8, 4) is 0 Å².